The molecule has 0 saturated heterocycles. The Balaban J connectivity index is 3.18. The largest absolute Gasteiger partial charge is 0.395 e. The summed E-state index contributed by atoms with van der Waals surface area (Å²) >= 11 is 0. The minimum Gasteiger partial charge on any atom is -0.395 e. The highest BCUT2D eigenvalue weighted by atomic mass is 16.6. The lowest BCUT2D eigenvalue weighted by Gasteiger charge is -2.22. The van der Waals surface area contributed by atoms with Crippen molar-refractivity contribution in [3.8, 4) is 0 Å². The zero-order valence-corrected chi connectivity index (χ0v) is 9.65. The van der Waals surface area contributed by atoms with Crippen molar-refractivity contribution < 1.29 is 19.9 Å². The lowest BCUT2D eigenvalue weighted by Crippen LogP contribution is -2.30. The van der Waals surface area contributed by atoms with Crippen molar-refractivity contribution in [3.63, 3.8) is 0 Å². The maximum atomic E-state index is 10.9. The number of hydrogen-bond acceptors (Lipinski definition) is 6. The van der Waals surface area contributed by atoms with Gasteiger partial charge in [0.2, 0.25) is 0 Å². The molecular formula is C11H14N2O5. The number of nitrogens with zero attached hydrogens (tertiary/aromatic N) is 2. The number of nitro groups is 1. The van der Waals surface area contributed by atoms with Crippen LogP contribution in [0.15, 0.2) is 18.2 Å². The lowest BCUT2D eigenvalue weighted by atomic mass is 10.1. The topological polar surface area (TPSA) is 104 Å². The molecule has 0 radical (unpaired) electrons. The SMILES string of the molecule is O=Cc1ccc(N(CCO)CCO)c([N+](=O)[O-])c1. The van der Waals surface area contributed by atoms with Gasteiger partial charge in [0, 0.05) is 24.7 Å². The van der Waals surface area contributed by atoms with Crippen LogP contribution in [0.1, 0.15) is 10.4 Å². The number of rotatable bonds is 7. The molecule has 0 fully saturated rings. The van der Waals surface area contributed by atoms with Crippen LogP contribution in [-0.4, -0.2) is 47.7 Å². The second kappa shape index (κ2) is 6.67. The molecule has 1 aromatic carbocycles. The van der Waals surface area contributed by atoms with E-state index in [0.717, 1.165) is 0 Å². The molecule has 0 unspecified atom stereocenters. The van der Waals surface area contributed by atoms with Crippen molar-refractivity contribution >= 4 is 17.7 Å². The van der Waals surface area contributed by atoms with Gasteiger partial charge in [-0.25, -0.2) is 0 Å². The Bertz CT molecular complexity index is 429. The van der Waals surface area contributed by atoms with Crippen LogP contribution >= 0.6 is 0 Å². The van der Waals surface area contributed by atoms with Gasteiger partial charge in [-0.3, -0.25) is 14.9 Å². The highest BCUT2D eigenvalue weighted by molar-refractivity contribution is 5.79. The van der Waals surface area contributed by atoms with Gasteiger partial charge >= 0.3 is 0 Å². The highest BCUT2D eigenvalue weighted by Crippen LogP contribution is 2.28. The van der Waals surface area contributed by atoms with E-state index < -0.39 is 4.92 Å². The Morgan fingerprint density at radius 2 is 1.89 bits per heavy atom. The van der Waals surface area contributed by atoms with Crippen LogP contribution in [0, 0.1) is 10.1 Å². The fourth-order valence-corrected chi connectivity index (χ4v) is 1.62. The molecule has 0 amide bonds. The van der Waals surface area contributed by atoms with Crippen LogP contribution in [0.5, 0.6) is 0 Å². The summed E-state index contributed by atoms with van der Waals surface area (Å²) in [5, 5.41) is 28.8. The van der Waals surface area contributed by atoms with Crippen molar-refractivity contribution in [2.75, 3.05) is 31.2 Å². The van der Waals surface area contributed by atoms with E-state index in [0.29, 0.717) is 6.29 Å². The number of aliphatic hydroxyl groups excluding tert-OH is 2. The van der Waals surface area contributed by atoms with Crippen LogP contribution in [0.4, 0.5) is 11.4 Å². The van der Waals surface area contributed by atoms with Gasteiger partial charge in [-0.05, 0) is 12.1 Å². The van der Waals surface area contributed by atoms with E-state index in [2.05, 4.69) is 0 Å². The van der Waals surface area contributed by atoms with Gasteiger partial charge in [-0.15, -0.1) is 0 Å². The van der Waals surface area contributed by atoms with Crippen molar-refractivity contribution in [1.82, 2.24) is 0 Å². The molecule has 0 aromatic heterocycles. The third-order valence-corrected chi connectivity index (χ3v) is 2.41. The highest BCUT2D eigenvalue weighted by Gasteiger charge is 2.19. The summed E-state index contributed by atoms with van der Waals surface area (Å²) in [5.74, 6) is 0. The minimum atomic E-state index is -0.593. The summed E-state index contributed by atoms with van der Waals surface area (Å²) in [4.78, 5) is 22.4. The number of aldehydes is 1. The van der Waals surface area contributed by atoms with E-state index in [1.807, 2.05) is 0 Å². The van der Waals surface area contributed by atoms with E-state index in [-0.39, 0.29) is 43.2 Å². The maximum absolute atomic E-state index is 10.9. The number of hydrogen-bond donors (Lipinski definition) is 2. The average molecular weight is 254 g/mol. The van der Waals surface area contributed by atoms with Crippen LogP contribution in [-0.2, 0) is 0 Å². The summed E-state index contributed by atoms with van der Waals surface area (Å²) in [6.45, 7) is -0.0388. The molecule has 0 spiro atoms. The first-order chi connectivity index (χ1) is 8.63. The monoisotopic (exact) mass is 254 g/mol. The number of aliphatic hydroxyl groups is 2. The third-order valence-electron chi connectivity index (χ3n) is 2.41. The number of carbonyl (C=O) groups excluding carboxylic acids is 1. The number of nitro benzene ring substituents is 1. The quantitative estimate of drug-likeness (QED) is 0.409. The zero-order valence-electron chi connectivity index (χ0n) is 9.65. The van der Waals surface area contributed by atoms with E-state index in [9.17, 15) is 14.9 Å². The van der Waals surface area contributed by atoms with Crippen molar-refractivity contribution in [2.24, 2.45) is 0 Å². The van der Waals surface area contributed by atoms with Gasteiger partial charge in [0.25, 0.3) is 5.69 Å². The van der Waals surface area contributed by atoms with E-state index in [1.165, 1.54) is 23.1 Å². The molecule has 98 valence electrons. The summed E-state index contributed by atoms with van der Waals surface area (Å²) < 4.78 is 0. The minimum absolute atomic E-state index is 0.168. The normalized spacial score (nSPS) is 10.1. The van der Waals surface area contributed by atoms with Crippen LogP contribution in [0.25, 0.3) is 0 Å². The van der Waals surface area contributed by atoms with Crippen molar-refractivity contribution in [3.05, 3.63) is 33.9 Å². The van der Waals surface area contributed by atoms with Gasteiger partial charge in [0.15, 0.2) is 0 Å². The first kappa shape index (κ1) is 14.1. The predicted molar refractivity (Wildman–Crippen MR) is 64.9 cm³/mol. The van der Waals surface area contributed by atoms with Gasteiger partial charge in [0.05, 0.1) is 18.1 Å². The molecule has 1 aromatic rings. The van der Waals surface area contributed by atoms with Gasteiger partial charge in [-0.2, -0.15) is 0 Å². The van der Waals surface area contributed by atoms with Gasteiger partial charge in [-0.1, -0.05) is 0 Å². The first-order valence-corrected chi connectivity index (χ1v) is 5.34. The van der Waals surface area contributed by atoms with E-state index >= 15 is 0 Å². The smallest absolute Gasteiger partial charge is 0.293 e. The molecule has 0 aliphatic heterocycles. The predicted octanol–water partition coefficient (Wildman–Crippen LogP) is 0.198. The summed E-state index contributed by atoms with van der Waals surface area (Å²) in [5.41, 5.74) is 0.258. The first-order valence-electron chi connectivity index (χ1n) is 5.34. The molecule has 0 heterocycles. The fourth-order valence-electron chi connectivity index (χ4n) is 1.62. The van der Waals surface area contributed by atoms with E-state index in [4.69, 9.17) is 10.2 Å². The second-order valence-corrected chi connectivity index (χ2v) is 3.56. The zero-order chi connectivity index (χ0) is 13.5. The Hall–Kier alpha value is -1.99. The molecule has 0 aliphatic carbocycles. The molecule has 0 saturated carbocycles. The van der Waals surface area contributed by atoms with Crippen LogP contribution in [0.3, 0.4) is 0 Å². The standard InChI is InChI=1S/C11H14N2O5/c14-5-3-12(4-6-15)10-2-1-9(8-16)7-11(10)13(17)18/h1-2,7-8,14-15H,3-6H2. The molecule has 0 aliphatic rings. The number of benzene rings is 1. The number of carbonyl (C=O) groups is 1. The molecule has 18 heavy (non-hydrogen) atoms. The summed E-state index contributed by atoms with van der Waals surface area (Å²) in [6.07, 6.45) is 0.527. The van der Waals surface area contributed by atoms with Gasteiger partial charge < -0.3 is 15.1 Å². The Kier molecular flexibility index (Phi) is 5.22. The molecule has 1 rings (SSSR count). The lowest BCUT2D eigenvalue weighted by molar-refractivity contribution is -0.384. The maximum Gasteiger partial charge on any atom is 0.293 e. The summed E-state index contributed by atoms with van der Waals surface area (Å²) in [7, 11) is 0. The average Bonchev–Trinajstić information content (AvgIpc) is 2.37. The Morgan fingerprint density at radius 3 is 2.33 bits per heavy atom. The molecule has 0 atom stereocenters. The molecule has 0 bridgehead atoms. The molecule has 2 N–H and O–H groups in total. The summed E-state index contributed by atoms with van der Waals surface area (Å²) in [6, 6.07) is 4.06. The fraction of sp³-hybridized carbons (Fsp3) is 0.364. The van der Waals surface area contributed by atoms with Gasteiger partial charge in [0.1, 0.15) is 12.0 Å². The van der Waals surface area contributed by atoms with Crippen LogP contribution in [0.2, 0.25) is 0 Å². The van der Waals surface area contributed by atoms with Crippen molar-refractivity contribution in [2.45, 2.75) is 0 Å². The Morgan fingerprint density at radius 1 is 1.28 bits per heavy atom. The van der Waals surface area contributed by atoms with Crippen LogP contribution < -0.4 is 4.90 Å². The second-order valence-electron chi connectivity index (χ2n) is 3.56. The van der Waals surface area contributed by atoms with E-state index in [1.54, 1.807) is 0 Å². The number of anilines is 1. The third kappa shape index (κ3) is 3.25. The van der Waals surface area contributed by atoms with Crippen molar-refractivity contribution in [1.29, 1.82) is 0 Å². The molecular weight excluding hydrogens is 240 g/mol. The Labute approximate surface area is 103 Å². The molecule has 7 heteroatoms. The molecule has 7 nitrogen and oxygen atoms in total.